The van der Waals surface area contributed by atoms with Crippen molar-refractivity contribution in [1.82, 2.24) is 19.4 Å². The van der Waals surface area contributed by atoms with Crippen LogP contribution in [0, 0.1) is 0 Å². The first-order chi connectivity index (χ1) is 16.8. The number of nitrogens with two attached hydrogens (primary N) is 1. The monoisotopic (exact) mass is 493 g/mol. The molecule has 0 unspecified atom stereocenters. The minimum atomic E-state index is -0.438. The number of urea groups is 1. The number of carbonyl (C=O) groups excluding carboxylic acids is 1. The normalized spacial score (nSPS) is 11.0. The second-order valence-electron chi connectivity index (χ2n) is 7.93. The molecule has 0 saturated carbocycles. The molecule has 10 nitrogen and oxygen atoms in total. The van der Waals surface area contributed by atoms with Crippen molar-refractivity contribution >= 4 is 45.9 Å². The van der Waals surface area contributed by atoms with Crippen molar-refractivity contribution in [2.24, 2.45) is 0 Å². The number of amides is 2. The average Bonchev–Trinajstić information content (AvgIpc) is 2.81. The Labute approximate surface area is 206 Å². The largest absolute Gasteiger partial charge is 0.490 e. The molecule has 2 aromatic carbocycles. The molecule has 2 amide bonds. The maximum absolute atomic E-state index is 12.6. The summed E-state index contributed by atoms with van der Waals surface area (Å²) >= 11 is 6.09. The zero-order chi connectivity index (χ0) is 24.9. The van der Waals surface area contributed by atoms with Gasteiger partial charge in [0.15, 0.2) is 11.1 Å². The van der Waals surface area contributed by atoms with Crippen molar-refractivity contribution in [3.63, 3.8) is 0 Å². The van der Waals surface area contributed by atoms with Crippen molar-refractivity contribution in [3.05, 3.63) is 76.3 Å². The molecule has 4 N–H and O–H groups in total. The number of nitrogens with one attached hydrogen (secondary N) is 2. The van der Waals surface area contributed by atoms with Gasteiger partial charge in [-0.2, -0.15) is 0 Å². The number of likely N-dealkylation sites (N-methyl/N-ethyl adjacent to an activating group) is 1. The number of hydrogen-bond donors (Lipinski definition) is 3. The molecule has 180 valence electrons. The zero-order valence-corrected chi connectivity index (χ0v) is 19.9. The molecule has 0 radical (unpaired) electrons. The molecule has 2 aromatic heterocycles. The molecule has 0 bridgehead atoms. The highest BCUT2D eigenvalue weighted by atomic mass is 35.5. The Morgan fingerprint density at radius 1 is 1.11 bits per heavy atom. The van der Waals surface area contributed by atoms with Crippen LogP contribution in [0.1, 0.15) is 0 Å². The Kier molecular flexibility index (Phi) is 7.14. The Balaban J connectivity index is 1.48. The van der Waals surface area contributed by atoms with E-state index < -0.39 is 6.03 Å². The second-order valence-corrected chi connectivity index (χ2v) is 8.36. The van der Waals surface area contributed by atoms with E-state index >= 15 is 0 Å². The standard InChI is InChI=1S/C24H24ClN7O3/c1-31(2)11-12-35-20-13-15(25)3-8-18(20)30-24(34)29-16-4-6-17(7-5-16)32-10-9-19(33)21-22(26)27-14-28-23(21)32/h3-10,13-14H,11-12H2,1-2H3,(H2,26,27,28)(H2,29,30,34). The molecular weight excluding hydrogens is 470 g/mol. The van der Waals surface area contributed by atoms with Gasteiger partial charge in [-0.1, -0.05) is 11.6 Å². The van der Waals surface area contributed by atoms with Gasteiger partial charge in [0.25, 0.3) is 0 Å². The van der Waals surface area contributed by atoms with Gasteiger partial charge in [-0.25, -0.2) is 14.8 Å². The minimum absolute atomic E-state index is 0.122. The van der Waals surface area contributed by atoms with Crippen LogP contribution in [0.2, 0.25) is 5.02 Å². The number of fused-ring (bicyclic) bond motifs is 1. The number of benzene rings is 2. The van der Waals surface area contributed by atoms with E-state index in [1.54, 1.807) is 53.2 Å². The number of nitrogens with zero attached hydrogens (tertiary/aromatic N) is 4. The van der Waals surface area contributed by atoms with Gasteiger partial charge in [0, 0.05) is 41.3 Å². The van der Waals surface area contributed by atoms with Crippen LogP contribution in [0.5, 0.6) is 5.75 Å². The van der Waals surface area contributed by atoms with Crippen molar-refractivity contribution in [2.45, 2.75) is 0 Å². The fourth-order valence-electron chi connectivity index (χ4n) is 3.36. The summed E-state index contributed by atoms with van der Waals surface area (Å²) in [5.74, 6) is 0.604. The third kappa shape index (κ3) is 5.68. The van der Waals surface area contributed by atoms with Crippen molar-refractivity contribution in [1.29, 1.82) is 0 Å². The molecule has 0 atom stereocenters. The van der Waals surface area contributed by atoms with E-state index in [2.05, 4.69) is 20.6 Å². The molecule has 11 heteroatoms. The molecule has 35 heavy (non-hydrogen) atoms. The lowest BCUT2D eigenvalue weighted by atomic mass is 10.2. The van der Waals surface area contributed by atoms with Gasteiger partial charge < -0.3 is 30.6 Å². The third-order valence-electron chi connectivity index (χ3n) is 5.10. The maximum atomic E-state index is 12.6. The summed E-state index contributed by atoms with van der Waals surface area (Å²) < 4.78 is 7.51. The first-order valence-electron chi connectivity index (χ1n) is 10.7. The smallest absolute Gasteiger partial charge is 0.323 e. The number of hydrogen-bond acceptors (Lipinski definition) is 7. The number of halogens is 1. The summed E-state index contributed by atoms with van der Waals surface area (Å²) in [6, 6.07) is 13.0. The average molecular weight is 494 g/mol. The van der Waals surface area contributed by atoms with Gasteiger partial charge in [-0.05, 0) is 50.5 Å². The lowest BCUT2D eigenvalue weighted by Crippen LogP contribution is -2.22. The highest BCUT2D eigenvalue weighted by Crippen LogP contribution is 2.28. The highest BCUT2D eigenvalue weighted by molar-refractivity contribution is 6.30. The van der Waals surface area contributed by atoms with E-state index in [0.29, 0.717) is 40.9 Å². The van der Waals surface area contributed by atoms with E-state index in [-0.39, 0.29) is 16.6 Å². The molecule has 0 aliphatic rings. The van der Waals surface area contributed by atoms with Crippen LogP contribution in [0.25, 0.3) is 16.7 Å². The van der Waals surface area contributed by atoms with Gasteiger partial charge in [-0.3, -0.25) is 4.79 Å². The summed E-state index contributed by atoms with van der Waals surface area (Å²) in [6.07, 6.45) is 2.92. The number of pyridine rings is 1. The molecule has 0 spiro atoms. The highest BCUT2D eigenvalue weighted by Gasteiger charge is 2.12. The van der Waals surface area contributed by atoms with Gasteiger partial charge in [0.05, 0.1) is 5.69 Å². The van der Waals surface area contributed by atoms with E-state index in [1.165, 1.54) is 12.4 Å². The molecule has 0 saturated heterocycles. The van der Waals surface area contributed by atoms with Crippen LogP contribution in [0.4, 0.5) is 22.0 Å². The third-order valence-corrected chi connectivity index (χ3v) is 5.33. The van der Waals surface area contributed by atoms with Crippen LogP contribution in [0.3, 0.4) is 0 Å². The van der Waals surface area contributed by atoms with E-state index in [9.17, 15) is 9.59 Å². The number of rotatable bonds is 7. The van der Waals surface area contributed by atoms with Crippen molar-refractivity contribution < 1.29 is 9.53 Å². The maximum Gasteiger partial charge on any atom is 0.323 e. The van der Waals surface area contributed by atoms with Crippen LogP contribution < -0.4 is 26.5 Å². The summed E-state index contributed by atoms with van der Waals surface area (Å²) in [7, 11) is 3.89. The predicted molar refractivity (Wildman–Crippen MR) is 138 cm³/mol. The molecular formula is C24H24ClN7O3. The van der Waals surface area contributed by atoms with Gasteiger partial charge in [0.1, 0.15) is 29.9 Å². The molecule has 0 fully saturated rings. The zero-order valence-electron chi connectivity index (χ0n) is 19.2. The minimum Gasteiger partial charge on any atom is -0.490 e. The Bertz CT molecular complexity index is 1420. The molecule has 4 rings (SSSR count). The van der Waals surface area contributed by atoms with Crippen molar-refractivity contribution in [3.8, 4) is 11.4 Å². The lowest BCUT2D eigenvalue weighted by molar-refractivity contribution is 0.258. The van der Waals surface area contributed by atoms with E-state index in [1.807, 2.05) is 19.0 Å². The second kappa shape index (κ2) is 10.4. The van der Waals surface area contributed by atoms with Crippen molar-refractivity contribution in [2.75, 3.05) is 43.6 Å². The summed E-state index contributed by atoms with van der Waals surface area (Å²) in [5.41, 5.74) is 7.80. The van der Waals surface area contributed by atoms with Gasteiger partial charge in [-0.15, -0.1) is 0 Å². The number of nitrogen functional groups attached to an aromatic ring is 1. The topological polar surface area (TPSA) is 127 Å². The predicted octanol–water partition coefficient (Wildman–Crippen LogP) is 3.60. The van der Waals surface area contributed by atoms with Crippen LogP contribution >= 0.6 is 11.6 Å². The van der Waals surface area contributed by atoms with E-state index in [4.69, 9.17) is 22.1 Å². The van der Waals surface area contributed by atoms with Gasteiger partial charge >= 0.3 is 6.03 Å². The summed E-state index contributed by atoms with van der Waals surface area (Å²) in [6.45, 7) is 1.16. The molecule has 0 aliphatic carbocycles. The van der Waals surface area contributed by atoms with Crippen LogP contribution in [0.15, 0.2) is 65.8 Å². The number of ether oxygens (including phenoxy) is 1. The van der Waals surface area contributed by atoms with Gasteiger partial charge in [0.2, 0.25) is 0 Å². The molecule has 4 aromatic rings. The SMILES string of the molecule is CN(C)CCOc1cc(Cl)ccc1NC(=O)Nc1ccc(-n2ccc(=O)c3c(N)ncnc32)cc1. The lowest BCUT2D eigenvalue weighted by Gasteiger charge is -2.15. The van der Waals surface area contributed by atoms with Crippen LogP contribution in [-0.4, -0.2) is 52.7 Å². The van der Waals surface area contributed by atoms with E-state index in [0.717, 1.165) is 5.69 Å². The van der Waals surface area contributed by atoms with Crippen LogP contribution in [-0.2, 0) is 0 Å². The number of anilines is 3. The first kappa shape index (κ1) is 24.0. The fourth-order valence-corrected chi connectivity index (χ4v) is 3.52. The molecule has 0 aliphatic heterocycles. The summed E-state index contributed by atoms with van der Waals surface area (Å²) in [5, 5.41) is 6.34. The number of aromatic nitrogens is 3. The number of carbonyl (C=O) groups is 1. The summed E-state index contributed by atoms with van der Waals surface area (Å²) in [4.78, 5) is 34.9. The first-order valence-corrected chi connectivity index (χ1v) is 11.1. The Hall–Kier alpha value is -4.15. The molecule has 2 heterocycles. The fraction of sp³-hybridized carbons (Fsp3) is 0.167. The quantitative estimate of drug-likeness (QED) is 0.359. The Morgan fingerprint density at radius 2 is 1.89 bits per heavy atom. The Morgan fingerprint density at radius 3 is 2.63 bits per heavy atom.